The highest BCUT2D eigenvalue weighted by Crippen LogP contribution is 2.26. The van der Waals surface area contributed by atoms with Gasteiger partial charge in [-0.2, -0.15) is 5.10 Å². The van der Waals surface area contributed by atoms with Crippen molar-refractivity contribution in [1.29, 1.82) is 0 Å². The van der Waals surface area contributed by atoms with Gasteiger partial charge < -0.3 is 20.1 Å². The van der Waals surface area contributed by atoms with Gasteiger partial charge in [0.1, 0.15) is 11.5 Å². The Kier molecular flexibility index (Phi) is 4.79. The van der Waals surface area contributed by atoms with Crippen LogP contribution < -0.4 is 10.2 Å². The predicted molar refractivity (Wildman–Crippen MR) is 127 cm³/mol. The number of H-pyrrole nitrogens is 1. The van der Waals surface area contributed by atoms with Gasteiger partial charge in [0.15, 0.2) is 11.6 Å². The molecule has 2 saturated heterocycles. The van der Waals surface area contributed by atoms with Crippen molar-refractivity contribution in [3.05, 3.63) is 54.2 Å². The number of para-hydroxylation sites is 2. The van der Waals surface area contributed by atoms with Crippen molar-refractivity contribution in [2.75, 3.05) is 29.9 Å². The van der Waals surface area contributed by atoms with E-state index in [1.54, 1.807) is 23.0 Å². The van der Waals surface area contributed by atoms with Crippen LogP contribution in [0.25, 0.3) is 22.6 Å². The fourth-order valence-electron chi connectivity index (χ4n) is 4.79. The number of nitrogens with zero attached hydrogens (tertiary/aromatic N) is 6. The molecule has 172 valence electrons. The molecule has 0 radical (unpaired) electrons. The second kappa shape index (κ2) is 7.98. The molecule has 0 bridgehead atoms. The largest absolute Gasteiger partial charge is 0.353 e. The highest BCUT2D eigenvalue weighted by atomic mass is 16.2. The van der Waals surface area contributed by atoms with Crippen LogP contribution in [0.3, 0.4) is 0 Å². The number of rotatable bonds is 4. The number of anilines is 2. The number of carbonyl (C=O) groups excluding carboxylic acids is 2. The molecule has 5 heterocycles. The third kappa shape index (κ3) is 3.57. The van der Waals surface area contributed by atoms with Crippen LogP contribution in [-0.4, -0.2) is 67.1 Å². The van der Waals surface area contributed by atoms with Crippen LogP contribution in [0, 0.1) is 0 Å². The van der Waals surface area contributed by atoms with E-state index in [1.807, 2.05) is 42.3 Å². The summed E-state index contributed by atoms with van der Waals surface area (Å²) in [5.41, 5.74) is 3.03. The number of hydrogen-bond donors (Lipinski definition) is 2. The van der Waals surface area contributed by atoms with E-state index in [0.29, 0.717) is 23.6 Å². The number of hydrogen-bond acceptors (Lipinski definition) is 6. The number of imidazole rings is 1. The zero-order valence-electron chi connectivity index (χ0n) is 18.7. The summed E-state index contributed by atoms with van der Waals surface area (Å²) in [6.45, 7) is 2.25. The summed E-state index contributed by atoms with van der Waals surface area (Å²) in [6.07, 6.45) is 3.12. The minimum Gasteiger partial charge on any atom is -0.353 e. The lowest BCUT2D eigenvalue weighted by Gasteiger charge is -2.38. The predicted octanol–water partition coefficient (Wildman–Crippen LogP) is 2.42. The minimum atomic E-state index is -0.278. The van der Waals surface area contributed by atoms with E-state index in [4.69, 9.17) is 0 Å². The number of aromatic amines is 1. The van der Waals surface area contributed by atoms with Gasteiger partial charge in [0, 0.05) is 51.4 Å². The molecule has 4 aromatic rings. The molecule has 2 aliphatic rings. The third-order valence-corrected chi connectivity index (χ3v) is 6.58. The molecule has 0 aliphatic carbocycles. The molecule has 3 aromatic heterocycles. The van der Waals surface area contributed by atoms with Crippen molar-refractivity contribution < 1.29 is 9.59 Å². The van der Waals surface area contributed by atoms with Gasteiger partial charge >= 0.3 is 0 Å². The van der Waals surface area contributed by atoms with Crippen molar-refractivity contribution in [2.24, 2.45) is 7.05 Å². The standard InChI is InChI=1S/C24H24N8O2/c1-30-19(23-26-17-4-2-3-5-18(17)27-23)12-20(29-30)28-24(34)15-6-8-21(25-13-15)31-10-11-32-16(14-31)7-9-22(32)33/h2-6,8,12-13,16H,7,9-11,14H2,1H3,(H,26,27)(H,28,29,34)/t16-/m1/s1. The van der Waals surface area contributed by atoms with E-state index < -0.39 is 0 Å². The van der Waals surface area contributed by atoms with Crippen LogP contribution in [-0.2, 0) is 11.8 Å². The van der Waals surface area contributed by atoms with Crippen LogP contribution in [0.4, 0.5) is 11.6 Å². The van der Waals surface area contributed by atoms with E-state index >= 15 is 0 Å². The Morgan fingerprint density at radius 3 is 2.88 bits per heavy atom. The van der Waals surface area contributed by atoms with Crippen LogP contribution in [0.15, 0.2) is 48.7 Å². The lowest BCUT2D eigenvalue weighted by molar-refractivity contribution is -0.129. The zero-order chi connectivity index (χ0) is 23.2. The second-order valence-electron chi connectivity index (χ2n) is 8.73. The first-order valence-corrected chi connectivity index (χ1v) is 11.4. The Bertz CT molecular complexity index is 1360. The van der Waals surface area contributed by atoms with Gasteiger partial charge in [0.25, 0.3) is 5.91 Å². The van der Waals surface area contributed by atoms with E-state index in [9.17, 15) is 9.59 Å². The first kappa shape index (κ1) is 20.4. The Labute approximate surface area is 195 Å². The van der Waals surface area contributed by atoms with Crippen molar-refractivity contribution in [2.45, 2.75) is 18.9 Å². The maximum atomic E-state index is 12.8. The number of aromatic nitrogens is 5. The zero-order valence-corrected chi connectivity index (χ0v) is 18.7. The van der Waals surface area contributed by atoms with Gasteiger partial charge in [-0.25, -0.2) is 9.97 Å². The highest BCUT2D eigenvalue weighted by Gasteiger charge is 2.35. The topological polar surface area (TPSA) is 112 Å². The number of pyridine rings is 1. The van der Waals surface area contributed by atoms with Gasteiger partial charge in [0.2, 0.25) is 5.91 Å². The molecule has 10 heteroatoms. The van der Waals surface area contributed by atoms with E-state index in [1.165, 1.54) is 0 Å². The molecule has 2 N–H and O–H groups in total. The van der Waals surface area contributed by atoms with Crippen LogP contribution in [0.2, 0.25) is 0 Å². The molecule has 0 spiro atoms. The summed E-state index contributed by atoms with van der Waals surface area (Å²) in [6, 6.07) is 13.5. The lowest BCUT2D eigenvalue weighted by Crippen LogP contribution is -2.51. The smallest absolute Gasteiger partial charge is 0.258 e. The summed E-state index contributed by atoms with van der Waals surface area (Å²) in [4.78, 5) is 41.3. The monoisotopic (exact) mass is 456 g/mol. The third-order valence-electron chi connectivity index (χ3n) is 6.58. The molecule has 1 atom stereocenters. The summed E-state index contributed by atoms with van der Waals surface area (Å²) >= 11 is 0. The molecule has 1 aromatic carbocycles. The average molecular weight is 457 g/mol. The number of amides is 2. The Morgan fingerprint density at radius 2 is 2.06 bits per heavy atom. The van der Waals surface area contributed by atoms with Crippen molar-refractivity contribution in [1.82, 2.24) is 29.6 Å². The molecular formula is C24H24N8O2. The second-order valence-corrected chi connectivity index (χ2v) is 8.73. The van der Waals surface area contributed by atoms with Gasteiger partial charge in [-0.05, 0) is 30.7 Å². The fraction of sp³-hybridized carbons (Fsp3) is 0.292. The molecule has 2 aliphatic heterocycles. The number of piperazine rings is 1. The maximum Gasteiger partial charge on any atom is 0.258 e. The lowest BCUT2D eigenvalue weighted by atomic mass is 10.1. The summed E-state index contributed by atoms with van der Waals surface area (Å²) in [5.74, 6) is 1.92. The molecule has 2 fully saturated rings. The average Bonchev–Trinajstić information content (AvgIpc) is 3.55. The van der Waals surface area contributed by atoms with Crippen LogP contribution >= 0.6 is 0 Å². The van der Waals surface area contributed by atoms with Gasteiger partial charge in [-0.1, -0.05) is 12.1 Å². The summed E-state index contributed by atoms with van der Waals surface area (Å²) < 4.78 is 1.68. The highest BCUT2D eigenvalue weighted by molar-refractivity contribution is 6.03. The van der Waals surface area contributed by atoms with Crippen LogP contribution in [0.5, 0.6) is 0 Å². The SMILES string of the molecule is Cn1nc(NC(=O)c2ccc(N3CCN4C(=O)CC[C@@H]4C3)nc2)cc1-c1nc2ccccc2[nH]1. The molecule has 34 heavy (non-hydrogen) atoms. The van der Waals surface area contributed by atoms with Crippen molar-refractivity contribution in [3.63, 3.8) is 0 Å². The van der Waals surface area contributed by atoms with Crippen molar-refractivity contribution >= 4 is 34.5 Å². The summed E-state index contributed by atoms with van der Waals surface area (Å²) in [5, 5.41) is 7.26. The number of aryl methyl sites for hydroxylation is 1. The Balaban J connectivity index is 1.14. The molecule has 0 saturated carbocycles. The van der Waals surface area contributed by atoms with Gasteiger partial charge in [-0.3, -0.25) is 14.3 Å². The summed E-state index contributed by atoms with van der Waals surface area (Å²) in [7, 11) is 1.81. The van der Waals surface area contributed by atoms with Crippen molar-refractivity contribution in [3.8, 4) is 11.5 Å². The van der Waals surface area contributed by atoms with Crippen LogP contribution in [0.1, 0.15) is 23.2 Å². The first-order valence-electron chi connectivity index (χ1n) is 11.4. The van der Waals surface area contributed by atoms with Gasteiger partial charge in [-0.15, -0.1) is 0 Å². The molecule has 0 unspecified atom stereocenters. The molecule has 2 amide bonds. The number of fused-ring (bicyclic) bond motifs is 2. The molecular weight excluding hydrogens is 432 g/mol. The Morgan fingerprint density at radius 1 is 1.18 bits per heavy atom. The number of nitrogens with one attached hydrogen (secondary N) is 2. The first-order chi connectivity index (χ1) is 16.5. The molecule has 6 rings (SSSR count). The maximum absolute atomic E-state index is 12.8. The number of carbonyl (C=O) groups is 2. The minimum absolute atomic E-state index is 0.252. The van der Waals surface area contributed by atoms with E-state index in [0.717, 1.165) is 48.6 Å². The fourth-order valence-corrected chi connectivity index (χ4v) is 4.79. The Hall–Kier alpha value is -4.21. The van der Waals surface area contributed by atoms with E-state index in [-0.39, 0.29) is 17.9 Å². The normalized spacial score (nSPS) is 17.9. The molecule has 10 nitrogen and oxygen atoms in total. The van der Waals surface area contributed by atoms with Gasteiger partial charge in [0.05, 0.1) is 16.6 Å². The number of benzene rings is 1. The van der Waals surface area contributed by atoms with E-state index in [2.05, 4.69) is 30.3 Å². The quantitative estimate of drug-likeness (QED) is 0.488.